The molecule has 7 nitrogen and oxygen atoms in total. The molecule has 1 aromatic heterocycles. The van der Waals surface area contributed by atoms with E-state index in [1.165, 1.54) is 6.20 Å². The van der Waals surface area contributed by atoms with Gasteiger partial charge in [-0.2, -0.15) is 5.10 Å². The third-order valence-corrected chi connectivity index (χ3v) is 4.47. The number of aromatic nitrogens is 2. The minimum absolute atomic E-state index is 0.328. The van der Waals surface area contributed by atoms with E-state index in [9.17, 15) is 9.59 Å². The number of carbonyl (C=O) groups excluding carboxylic acids is 2. The van der Waals surface area contributed by atoms with Crippen molar-refractivity contribution in [3.05, 3.63) is 82.6 Å². The van der Waals surface area contributed by atoms with Crippen molar-refractivity contribution >= 4 is 29.1 Å². The van der Waals surface area contributed by atoms with Gasteiger partial charge in [-0.1, -0.05) is 35.9 Å². The van der Waals surface area contributed by atoms with Crippen LogP contribution in [-0.2, 0) is 6.54 Å². The first-order valence-electron chi connectivity index (χ1n) is 8.58. The van der Waals surface area contributed by atoms with Crippen LogP contribution in [0.2, 0.25) is 5.02 Å². The van der Waals surface area contributed by atoms with E-state index >= 15 is 0 Å². The summed E-state index contributed by atoms with van der Waals surface area (Å²) in [5.41, 5.74) is 7.38. The summed E-state index contributed by atoms with van der Waals surface area (Å²) in [6, 6.07) is 14.5. The SMILES string of the molecule is CN(C)c1cccc(C(=O)NNC(=O)c2cnn(Cc3ccccc3Cl)c2)c1. The molecule has 3 rings (SSSR count). The van der Waals surface area contributed by atoms with Gasteiger partial charge < -0.3 is 4.90 Å². The van der Waals surface area contributed by atoms with Gasteiger partial charge in [0.25, 0.3) is 11.8 Å². The molecule has 0 atom stereocenters. The van der Waals surface area contributed by atoms with Crippen LogP contribution < -0.4 is 15.8 Å². The molecule has 0 aliphatic heterocycles. The molecule has 28 heavy (non-hydrogen) atoms. The third-order valence-electron chi connectivity index (χ3n) is 4.10. The number of hydrazine groups is 1. The lowest BCUT2D eigenvalue weighted by atomic mass is 10.2. The molecular weight excluding hydrogens is 378 g/mol. The van der Waals surface area contributed by atoms with Gasteiger partial charge in [0.15, 0.2) is 0 Å². The van der Waals surface area contributed by atoms with Crippen molar-refractivity contribution in [3.8, 4) is 0 Å². The minimum Gasteiger partial charge on any atom is -0.378 e. The van der Waals surface area contributed by atoms with Gasteiger partial charge in [-0.15, -0.1) is 0 Å². The van der Waals surface area contributed by atoms with E-state index in [-0.39, 0.29) is 0 Å². The van der Waals surface area contributed by atoms with Gasteiger partial charge in [-0.05, 0) is 29.8 Å². The Labute approximate surface area is 167 Å². The lowest BCUT2D eigenvalue weighted by Gasteiger charge is -2.13. The van der Waals surface area contributed by atoms with Crippen LogP contribution in [0.15, 0.2) is 60.9 Å². The lowest BCUT2D eigenvalue weighted by molar-refractivity contribution is 0.0846. The number of rotatable bonds is 5. The second-order valence-corrected chi connectivity index (χ2v) is 6.78. The molecule has 0 unspecified atom stereocenters. The molecule has 0 spiro atoms. The van der Waals surface area contributed by atoms with Crippen molar-refractivity contribution < 1.29 is 9.59 Å². The van der Waals surface area contributed by atoms with Crippen LogP contribution in [0.5, 0.6) is 0 Å². The van der Waals surface area contributed by atoms with Gasteiger partial charge in [-0.25, -0.2) is 0 Å². The monoisotopic (exact) mass is 397 g/mol. The van der Waals surface area contributed by atoms with Crippen LogP contribution in [0.1, 0.15) is 26.3 Å². The van der Waals surface area contributed by atoms with Crippen LogP contribution in [0.4, 0.5) is 5.69 Å². The number of nitrogens with one attached hydrogen (secondary N) is 2. The summed E-state index contributed by atoms with van der Waals surface area (Å²) in [5, 5.41) is 4.80. The predicted octanol–water partition coefficient (Wildman–Crippen LogP) is 2.73. The Morgan fingerprint density at radius 2 is 1.75 bits per heavy atom. The van der Waals surface area contributed by atoms with Crippen LogP contribution in [0.25, 0.3) is 0 Å². The highest BCUT2D eigenvalue weighted by Gasteiger charge is 2.12. The number of benzene rings is 2. The van der Waals surface area contributed by atoms with Gasteiger partial charge in [0.2, 0.25) is 0 Å². The molecule has 1 heterocycles. The Morgan fingerprint density at radius 1 is 1.04 bits per heavy atom. The highest BCUT2D eigenvalue weighted by atomic mass is 35.5. The van der Waals surface area contributed by atoms with E-state index in [0.29, 0.717) is 22.7 Å². The number of nitrogens with zero attached hydrogens (tertiary/aromatic N) is 3. The number of amides is 2. The summed E-state index contributed by atoms with van der Waals surface area (Å²) in [5.74, 6) is -0.858. The van der Waals surface area contributed by atoms with E-state index in [1.54, 1.807) is 35.1 Å². The molecule has 0 bridgehead atoms. The standard InChI is InChI=1S/C20H20ClN5O2/c1-25(2)17-8-5-7-14(10-17)19(27)23-24-20(28)16-11-22-26(13-16)12-15-6-3-4-9-18(15)21/h3-11,13H,12H2,1-2H3,(H,23,27)(H,24,28). The first-order valence-corrected chi connectivity index (χ1v) is 8.96. The molecule has 0 radical (unpaired) electrons. The maximum absolute atomic E-state index is 12.3. The van der Waals surface area contributed by atoms with Crippen LogP contribution in [0, 0.1) is 0 Å². The molecule has 2 amide bonds. The Hall–Kier alpha value is -3.32. The fourth-order valence-corrected chi connectivity index (χ4v) is 2.75. The molecule has 0 saturated heterocycles. The van der Waals surface area contributed by atoms with Crippen LogP contribution in [0.3, 0.4) is 0 Å². The van der Waals surface area contributed by atoms with Gasteiger partial charge in [-0.3, -0.25) is 25.1 Å². The average Bonchev–Trinajstić information content (AvgIpc) is 3.16. The number of hydrogen-bond donors (Lipinski definition) is 2. The Kier molecular flexibility index (Phi) is 5.96. The number of carbonyl (C=O) groups is 2. The molecule has 0 aliphatic rings. The van der Waals surface area contributed by atoms with Crippen molar-refractivity contribution in [1.29, 1.82) is 0 Å². The molecule has 8 heteroatoms. The molecule has 2 N–H and O–H groups in total. The summed E-state index contributed by atoms with van der Waals surface area (Å²) >= 11 is 6.15. The minimum atomic E-state index is -0.456. The van der Waals surface area contributed by atoms with E-state index < -0.39 is 11.8 Å². The number of anilines is 1. The van der Waals surface area contributed by atoms with Gasteiger partial charge in [0.1, 0.15) is 0 Å². The fraction of sp³-hybridized carbons (Fsp3) is 0.150. The fourth-order valence-electron chi connectivity index (χ4n) is 2.55. The molecule has 3 aromatic rings. The van der Waals surface area contributed by atoms with Crippen molar-refractivity contribution in [2.24, 2.45) is 0 Å². The van der Waals surface area contributed by atoms with Crippen molar-refractivity contribution in [2.75, 3.05) is 19.0 Å². The molecule has 0 saturated carbocycles. The van der Waals surface area contributed by atoms with Crippen molar-refractivity contribution in [2.45, 2.75) is 6.54 Å². The van der Waals surface area contributed by atoms with Crippen molar-refractivity contribution in [3.63, 3.8) is 0 Å². The summed E-state index contributed by atoms with van der Waals surface area (Å²) in [4.78, 5) is 26.4. The maximum Gasteiger partial charge on any atom is 0.272 e. The second-order valence-electron chi connectivity index (χ2n) is 6.37. The maximum atomic E-state index is 12.3. The molecule has 0 fully saturated rings. The molecular formula is C20H20ClN5O2. The summed E-state index contributed by atoms with van der Waals surface area (Å²) < 4.78 is 1.61. The van der Waals surface area contributed by atoms with E-state index in [4.69, 9.17) is 11.6 Å². The molecule has 2 aromatic carbocycles. The van der Waals surface area contributed by atoms with Crippen molar-refractivity contribution in [1.82, 2.24) is 20.6 Å². The largest absolute Gasteiger partial charge is 0.378 e. The van der Waals surface area contributed by atoms with E-state index in [0.717, 1.165) is 11.3 Å². The number of hydrogen-bond acceptors (Lipinski definition) is 4. The van der Waals surface area contributed by atoms with Gasteiger partial charge in [0.05, 0.1) is 18.3 Å². The topological polar surface area (TPSA) is 79.3 Å². The summed E-state index contributed by atoms with van der Waals surface area (Å²) in [7, 11) is 3.78. The van der Waals surface area contributed by atoms with Crippen LogP contribution >= 0.6 is 11.6 Å². The van der Waals surface area contributed by atoms with E-state index in [2.05, 4.69) is 16.0 Å². The zero-order valence-corrected chi connectivity index (χ0v) is 16.3. The van der Waals surface area contributed by atoms with E-state index in [1.807, 2.05) is 43.3 Å². The van der Waals surface area contributed by atoms with Crippen LogP contribution in [-0.4, -0.2) is 35.7 Å². The zero-order chi connectivity index (χ0) is 20.1. The molecule has 0 aliphatic carbocycles. The first-order chi connectivity index (χ1) is 13.4. The quantitative estimate of drug-likeness (QED) is 0.649. The van der Waals surface area contributed by atoms with Gasteiger partial charge >= 0.3 is 0 Å². The Morgan fingerprint density at radius 3 is 2.46 bits per heavy atom. The van der Waals surface area contributed by atoms with Gasteiger partial charge in [0, 0.05) is 36.6 Å². The average molecular weight is 398 g/mol. The predicted molar refractivity (Wildman–Crippen MR) is 108 cm³/mol. The summed E-state index contributed by atoms with van der Waals surface area (Å²) in [6.07, 6.45) is 3.03. The normalized spacial score (nSPS) is 10.4. The Bertz CT molecular complexity index is 1000. The first kappa shape index (κ1) is 19.4. The zero-order valence-electron chi connectivity index (χ0n) is 15.5. The lowest BCUT2D eigenvalue weighted by Crippen LogP contribution is -2.41. The molecule has 144 valence electrons. The second kappa shape index (κ2) is 8.58. The summed E-state index contributed by atoms with van der Waals surface area (Å²) in [6.45, 7) is 0.441. The third kappa shape index (κ3) is 4.69. The Balaban J connectivity index is 1.60. The number of halogens is 1. The highest BCUT2D eigenvalue weighted by molar-refractivity contribution is 6.31. The highest BCUT2D eigenvalue weighted by Crippen LogP contribution is 2.16. The smallest absolute Gasteiger partial charge is 0.272 e.